The lowest BCUT2D eigenvalue weighted by atomic mass is 9.88. The summed E-state index contributed by atoms with van der Waals surface area (Å²) >= 11 is 6.16. The Balaban J connectivity index is 1.48. The smallest absolute Gasteiger partial charge is 0.231 e. The number of aliphatic hydroxyl groups excluding tert-OH is 1. The summed E-state index contributed by atoms with van der Waals surface area (Å²) in [5.74, 6) is 0.939. The maximum Gasteiger partial charge on any atom is 0.231 e. The molecule has 2 heterocycles. The number of piperazine rings is 1. The molecule has 0 radical (unpaired) electrons. The summed E-state index contributed by atoms with van der Waals surface area (Å²) in [6.45, 7) is 6.78. The van der Waals surface area contributed by atoms with Gasteiger partial charge in [-0.3, -0.25) is 15.1 Å². The Labute approximate surface area is 214 Å². The fraction of sp³-hybridized carbons (Fsp3) is 0.630. The number of amides is 1. The predicted molar refractivity (Wildman–Crippen MR) is 141 cm³/mol. The lowest BCUT2D eigenvalue weighted by molar-refractivity contribution is -0.135. The number of nitrogens with zero attached hydrogens (tertiary/aromatic N) is 3. The van der Waals surface area contributed by atoms with Crippen LogP contribution in [0.5, 0.6) is 0 Å². The topological polar surface area (TPSA) is 82.9 Å². The summed E-state index contributed by atoms with van der Waals surface area (Å²) in [5, 5.41) is 22.2. The monoisotopic (exact) mass is 501 g/mol. The van der Waals surface area contributed by atoms with Gasteiger partial charge in [0.25, 0.3) is 0 Å². The van der Waals surface area contributed by atoms with Gasteiger partial charge in [0.05, 0.1) is 5.92 Å². The lowest BCUT2D eigenvalue weighted by Crippen LogP contribution is -2.54. The molecule has 8 heteroatoms. The van der Waals surface area contributed by atoms with Gasteiger partial charge in [0, 0.05) is 68.7 Å². The third-order valence-corrected chi connectivity index (χ3v) is 8.26. The first kappa shape index (κ1) is 26.0. The molecule has 0 spiro atoms. The quantitative estimate of drug-likeness (QED) is 0.376. The standard InChI is InChI=1S/C27H40ClN5O2/c1-19-6-11-22(30-2)24(19)26(29)32-14-16-33(17-15-32)27(35)25(20-7-9-21(28)10-8-20)23-5-3-12-31(23)13-4-18-34/h7-10,19,23,25,29-30,34H,3-6,11-18H2,1-2H3/t19-,23+,25+/m1/s1. The van der Waals surface area contributed by atoms with E-state index in [9.17, 15) is 9.90 Å². The lowest BCUT2D eigenvalue weighted by Gasteiger charge is -2.40. The number of likely N-dealkylation sites (tertiary alicyclic amines) is 1. The Kier molecular flexibility index (Phi) is 8.73. The van der Waals surface area contributed by atoms with E-state index in [0.29, 0.717) is 43.0 Å². The first-order valence-electron chi connectivity index (χ1n) is 13.1. The van der Waals surface area contributed by atoms with Gasteiger partial charge in [0.2, 0.25) is 5.91 Å². The third-order valence-electron chi connectivity index (χ3n) is 8.01. The van der Waals surface area contributed by atoms with Crippen molar-refractivity contribution in [3.63, 3.8) is 0 Å². The molecule has 1 aromatic carbocycles. The van der Waals surface area contributed by atoms with Crippen molar-refractivity contribution in [3.8, 4) is 0 Å². The highest BCUT2D eigenvalue weighted by Crippen LogP contribution is 2.35. The van der Waals surface area contributed by atoms with Crippen molar-refractivity contribution in [3.05, 3.63) is 46.1 Å². The molecule has 3 atom stereocenters. The van der Waals surface area contributed by atoms with Crippen molar-refractivity contribution in [1.82, 2.24) is 20.0 Å². The molecule has 2 aliphatic heterocycles. The summed E-state index contributed by atoms with van der Waals surface area (Å²) in [6, 6.07) is 7.87. The number of allylic oxidation sites excluding steroid dienone is 1. The van der Waals surface area contributed by atoms with Gasteiger partial charge in [0.15, 0.2) is 0 Å². The molecule has 1 aromatic rings. The number of carbonyl (C=O) groups excluding carboxylic acids is 1. The van der Waals surface area contributed by atoms with Gasteiger partial charge in [-0.2, -0.15) is 0 Å². The van der Waals surface area contributed by atoms with E-state index in [2.05, 4.69) is 22.0 Å². The maximum atomic E-state index is 14.0. The van der Waals surface area contributed by atoms with E-state index in [1.807, 2.05) is 36.2 Å². The van der Waals surface area contributed by atoms with Crippen LogP contribution < -0.4 is 5.32 Å². The summed E-state index contributed by atoms with van der Waals surface area (Å²) in [5.41, 5.74) is 3.34. The summed E-state index contributed by atoms with van der Waals surface area (Å²) in [7, 11) is 1.95. The second-order valence-corrected chi connectivity index (χ2v) is 10.5. The van der Waals surface area contributed by atoms with E-state index in [0.717, 1.165) is 56.3 Å². The molecule has 192 valence electrons. The van der Waals surface area contributed by atoms with Crippen LogP contribution in [0.1, 0.15) is 50.5 Å². The molecule has 0 bridgehead atoms. The average molecular weight is 502 g/mol. The number of amidine groups is 1. The molecule has 2 fully saturated rings. The molecule has 3 aliphatic rings. The Bertz CT molecular complexity index is 926. The summed E-state index contributed by atoms with van der Waals surface area (Å²) < 4.78 is 0. The van der Waals surface area contributed by atoms with Gasteiger partial charge in [-0.1, -0.05) is 30.7 Å². The highest BCUT2D eigenvalue weighted by atomic mass is 35.5. The number of carbonyl (C=O) groups is 1. The van der Waals surface area contributed by atoms with Crippen molar-refractivity contribution in [1.29, 1.82) is 5.41 Å². The Morgan fingerprint density at radius 2 is 1.83 bits per heavy atom. The van der Waals surface area contributed by atoms with Crippen LogP contribution in [0.4, 0.5) is 0 Å². The van der Waals surface area contributed by atoms with E-state index < -0.39 is 0 Å². The second-order valence-electron chi connectivity index (χ2n) is 10.1. The van der Waals surface area contributed by atoms with E-state index in [1.165, 1.54) is 5.70 Å². The molecule has 35 heavy (non-hydrogen) atoms. The SMILES string of the molecule is CNC1=C(C(=N)N2CCN(C(=O)[C@@H](c3ccc(Cl)cc3)[C@@H]3CCCN3CCCO)CC2)[C@H](C)CC1. The zero-order chi connectivity index (χ0) is 24.9. The van der Waals surface area contributed by atoms with Gasteiger partial charge in [0.1, 0.15) is 5.84 Å². The number of hydrogen-bond donors (Lipinski definition) is 3. The minimum atomic E-state index is -0.243. The number of nitrogens with one attached hydrogen (secondary N) is 2. The minimum Gasteiger partial charge on any atom is -0.396 e. The van der Waals surface area contributed by atoms with E-state index in [4.69, 9.17) is 17.0 Å². The summed E-state index contributed by atoms with van der Waals surface area (Å²) in [4.78, 5) is 20.5. The van der Waals surface area contributed by atoms with Crippen LogP contribution in [0.2, 0.25) is 5.02 Å². The van der Waals surface area contributed by atoms with Crippen molar-refractivity contribution < 1.29 is 9.90 Å². The Morgan fingerprint density at radius 1 is 1.14 bits per heavy atom. The fourth-order valence-corrected chi connectivity index (χ4v) is 6.20. The molecule has 7 nitrogen and oxygen atoms in total. The van der Waals surface area contributed by atoms with E-state index in [-0.39, 0.29) is 24.5 Å². The highest BCUT2D eigenvalue weighted by Gasteiger charge is 2.40. The molecular weight excluding hydrogens is 462 g/mol. The van der Waals surface area contributed by atoms with Crippen LogP contribution in [-0.2, 0) is 4.79 Å². The molecule has 0 saturated carbocycles. The average Bonchev–Trinajstić information content (AvgIpc) is 3.49. The largest absolute Gasteiger partial charge is 0.396 e. The molecule has 1 amide bonds. The van der Waals surface area contributed by atoms with Crippen molar-refractivity contribution in [2.75, 3.05) is 52.9 Å². The van der Waals surface area contributed by atoms with Crippen LogP contribution in [-0.4, -0.2) is 90.5 Å². The van der Waals surface area contributed by atoms with Crippen molar-refractivity contribution >= 4 is 23.3 Å². The molecule has 1 aliphatic carbocycles. The number of rotatable bonds is 8. The van der Waals surface area contributed by atoms with Gasteiger partial charge in [-0.25, -0.2) is 0 Å². The highest BCUT2D eigenvalue weighted by molar-refractivity contribution is 6.30. The third kappa shape index (κ3) is 5.68. The van der Waals surface area contributed by atoms with Crippen LogP contribution >= 0.6 is 11.6 Å². The number of benzene rings is 1. The zero-order valence-corrected chi connectivity index (χ0v) is 21.9. The Morgan fingerprint density at radius 3 is 2.49 bits per heavy atom. The fourth-order valence-electron chi connectivity index (χ4n) is 6.07. The number of hydrogen-bond acceptors (Lipinski definition) is 5. The normalized spacial score (nSPS) is 24.2. The van der Waals surface area contributed by atoms with Gasteiger partial charge < -0.3 is 20.2 Å². The first-order chi connectivity index (χ1) is 16.9. The van der Waals surface area contributed by atoms with Crippen LogP contribution in [0, 0.1) is 11.3 Å². The molecule has 0 aromatic heterocycles. The summed E-state index contributed by atoms with van der Waals surface area (Å²) in [6.07, 6.45) is 4.86. The number of aliphatic hydroxyl groups is 1. The van der Waals surface area contributed by atoms with E-state index in [1.54, 1.807) is 0 Å². The Hall–Kier alpha value is -2.09. The van der Waals surface area contributed by atoms with Crippen LogP contribution in [0.15, 0.2) is 35.5 Å². The minimum absolute atomic E-state index is 0.134. The molecular formula is C27H40ClN5O2. The molecule has 0 unspecified atom stereocenters. The van der Waals surface area contributed by atoms with Gasteiger partial charge in [-0.05, 0) is 62.3 Å². The number of halogens is 1. The van der Waals surface area contributed by atoms with Crippen LogP contribution in [0.3, 0.4) is 0 Å². The zero-order valence-electron chi connectivity index (χ0n) is 21.1. The maximum absolute atomic E-state index is 14.0. The second kappa shape index (κ2) is 11.8. The van der Waals surface area contributed by atoms with Gasteiger partial charge >= 0.3 is 0 Å². The predicted octanol–water partition coefficient (Wildman–Crippen LogP) is 3.30. The van der Waals surface area contributed by atoms with Crippen LogP contribution in [0.25, 0.3) is 0 Å². The molecule has 2 saturated heterocycles. The first-order valence-corrected chi connectivity index (χ1v) is 13.5. The molecule has 3 N–H and O–H groups in total. The molecule has 4 rings (SSSR count). The van der Waals surface area contributed by atoms with Crippen molar-refractivity contribution in [2.24, 2.45) is 5.92 Å². The van der Waals surface area contributed by atoms with Crippen molar-refractivity contribution in [2.45, 2.75) is 51.0 Å². The van der Waals surface area contributed by atoms with E-state index >= 15 is 0 Å². The van der Waals surface area contributed by atoms with Gasteiger partial charge in [-0.15, -0.1) is 0 Å².